The highest BCUT2D eigenvalue weighted by molar-refractivity contribution is 5.95. The van der Waals surface area contributed by atoms with Gasteiger partial charge in [-0.2, -0.15) is 0 Å². The minimum Gasteiger partial charge on any atom is -0.368 e. The van der Waals surface area contributed by atoms with Crippen molar-refractivity contribution in [1.29, 1.82) is 0 Å². The summed E-state index contributed by atoms with van der Waals surface area (Å²) < 4.78 is 0. The second-order valence-corrected chi connectivity index (χ2v) is 3.05. The lowest BCUT2D eigenvalue weighted by Crippen LogP contribution is -2.37. The Morgan fingerprint density at radius 3 is 2.73 bits per heavy atom. The SMILES string of the molecule is CN(CC(N)=O)C(=O)c1c[nH]ccc1=O. The van der Waals surface area contributed by atoms with Gasteiger partial charge in [-0.15, -0.1) is 0 Å². The highest BCUT2D eigenvalue weighted by atomic mass is 16.2. The highest BCUT2D eigenvalue weighted by Gasteiger charge is 2.15. The molecule has 2 amide bonds. The fourth-order valence-corrected chi connectivity index (χ4v) is 1.09. The molecule has 0 unspecified atom stereocenters. The molecule has 0 bridgehead atoms. The molecule has 0 fully saturated rings. The number of primary amides is 1. The van der Waals surface area contributed by atoms with Crippen molar-refractivity contribution >= 4 is 11.8 Å². The lowest BCUT2D eigenvalue weighted by atomic mass is 10.2. The molecule has 0 saturated carbocycles. The van der Waals surface area contributed by atoms with Gasteiger partial charge in [-0.1, -0.05) is 0 Å². The predicted molar refractivity (Wildman–Crippen MR) is 53.2 cm³/mol. The van der Waals surface area contributed by atoms with Crippen LogP contribution in [0, 0.1) is 0 Å². The third-order valence-corrected chi connectivity index (χ3v) is 1.79. The molecule has 3 N–H and O–H groups in total. The van der Waals surface area contributed by atoms with Gasteiger partial charge in [-0.25, -0.2) is 0 Å². The van der Waals surface area contributed by atoms with Crippen LogP contribution in [0.15, 0.2) is 23.3 Å². The molecule has 0 radical (unpaired) electrons. The Morgan fingerprint density at radius 2 is 2.20 bits per heavy atom. The van der Waals surface area contributed by atoms with Gasteiger partial charge in [0, 0.05) is 25.5 Å². The smallest absolute Gasteiger partial charge is 0.259 e. The zero-order valence-electron chi connectivity index (χ0n) is 8.19. The molecule has 0 saturated heterocycles. The quantitative estimate of drug-likeness (QED) is 0.663. The van der Waals surface area contributed by atoms with Crippen molar-refractivity contribution in [3.63, 3.8) is 0 Å². The molecule has 0 aliphatic carbocycles. The number of nitrogens with two attached hydrogens (primary N) is 1. The van der Waals surface area contributed by atoms with Gasteiger partial charge in [0.1, 0.15) is 5.56 Å². The Hall–Kier alpha value is -2.11. The Kier molecular flexibility index (Phi) is 3.22. The molecular formula is C9H11N3O3. The first kappa shape index (κ1) is 11.0. The maximum atomic E-state index is 11.6. The summed E-state index contributed by atoms with van der Waals surface area (Å²) in [6.07, 6.45) is 2.72. The Bertz CT molecular complexity index is 438. The largest absolute Gasteiger partial charge is 0.368 e. The number of pyridine rings is 1. The number of likely N-dealkylation sites (N-methyl/N-ethyl adjacent to an activating group) is 1. The molecule has 1 rings (SSSR count). The summed E-state index contributed by atoms with van der Waals surface area (Å²) in [5.74, 6) is -1.16. The number of nitrogens with zero attached hydrogens (tertiary/aromatic N) is 1. The van der Waals surface area contributed by atoms with Gasteiger partial charge in [-0.05, 0) is 0 Å². The number of carbonyl (C=O) groups is 2. The minimum absolute atomic E-state index is 0.0127. The average Bonchev–Trinajstić information content (AvgIpc) is 2.16. The van der Waals surface area contributed by atoms with Crippen molar-refractivity contribution in [3.8, 4) is 0 Å². The number of carbonyl (C=O) groups excluding carboxylic acids is 2. The van der Waals surface area contributed by atoms with E-state index in [1.54, 1.807) is 0 Å². The Labute approximate surface area is 85.7 Å². The van der Waals surface area contributed by atoms with Gasteiger partial charge in [0.15, 0.2) is 5.43 Å². The maximum absolute atomic E-state index is 11.6. The molecule has 0 spiro atoms. The van der Waals surface area contributed by atoms with E-state index in [0.717, 1.165) is 4.90 Å². The van der Waals surface area contributed by atoms with Crippen molar-refractivity contribution < 1.29 is 9.59 Å². The first-order valence-corrected chi connectivity index (χ1v) is 4.23. The Morgan fingerprint density at radius 1 is 1.53 bits per heavy atom. The van der Waals surface area contributed by atoms with Gasteiger partial charge in [0.25, 0.3) is 5.91 Å². The van der Waals surface area contributed by atoms with Gasteiger partial charge < -0.3 is 15.6 Å². The monoisotopic (exact) mass is 209 g/mol. The van der Waals surface area contributed by atoms with E-state index in [4.69, 9.17) is 5.73 Å². The van der Waals surface area contributed by atoms with Crippen LogP contribution in [-0.4, -0.2) is 35.3 Å². The number of hydrogen-bond acceptors (Lipinski definition) is 3. The number of H-pyrrole nitrogens is 1. The minimum atomic E-state index is -0.627. The summed E-state index contributed by atoms with van der Waals surface area (Å²) >= 11 is 0. The van der Waals surface area contributed by atoms with E-state index in [-0.39, 0.29) is 12.1 Å². The molecule has 1 aromatic heterocycles. The molecule has 1 aromatic rings. The average molecular weight is 209 g/mol. The molecular weight excluding hydrogens is 198 g/mol. The first-order chi connectivity index (χ1) is 7.02. The molecule has 0 aliphatic rings. The normalized spacial score (nSPS) is 9.67. The van der Waals surface area contributed by atoms with Crippen molar-refractivity contribution in [3.05, 3.63) is 34.2 Å². The van der Waals surface area contributed by atoms with Crippen LogP contribution in [0.25, 0.3) is 0 Å². The van der Waals surface area contributed by atoms with Crippen LogP contribution in [0.1, 0.15) is 10.4 Å². The second kappa shape index (κ2) is 4.41. The fraction of sp³-hybridized carbons (Fsp3) is 0.222. The van der Waals surface area contributed by atoms with Crippen LogP contribution >= 0.6 is 0 Å². The molecule has 0 aromatic carbocycles. The van der Waals surface area contributed by atoms with Crippen LogP contribution in [0.2, 0.25) is 0 Å². The summed E-state index contributed by atoms with van der Waals surface area (Å²) in [5.41, 5.74) is 4.52. The Balaban J connectivity index is 2.90. The molecule has 1 heterocycles. The highest BCUT2D eigenvalue weighted by Crippen LogP contribution is 1.95. The van der Waals surface area contributed by atoms with Crippen LogP contribution in [0.3, 0.4) is 0 Å². The van der Waals surface area contributed by atoms with E-state index in [1.165, 1.54) is 25.5 Å². The van der Waals surface area contributed by atoms with Gasteiger partial charge >= 0.3 is 0 Å². The maximum Gasteiger partial charge on any atom is 0.259 e. The first-order valence-electron chi connectivity index (χ1n) is 4.23. The van der Waals surface area contributed by atoms with Crippen LogP contribution in [0.4, 0.5) is 0 Å². The molecule has 0 aliphatic heterocycles. The van der Waals surface area contributed by atoms with Crippen molar-refractivity contribution in [1.82, 2.24) is 9.88 Å². The standard InChI is InChI=1S/C9H11N3O3/c1-12(5-8(10)14)9(15)6-4-11-3-2-7(6)13/h2-4H,5H2,1H3,(H2,10,14)(H,11,13). The number of aromatic amines is 1. The van der Waals surface area contributed by atoms with Crippen molar-refractivity contribution in [2.75, 3.05) is 13.6 Å². The van der Waals surface area contributed by atoms with Crippen LogP contribution < -0.4 is 11.2 Å². The third-order valence-electron chi connectivity index (χ3n) is 1.79. The zero-order chi connectivity index (χ0) is 11.4. The summed E-state index contributed by atoms with van der Waals surface area (Å²) in [4.78, 5) is 37.2. The van der Waals surface area contributed by atoms with Gasteiger partial charge in [-0.3, -0.25) is 14.4 Å². The zero-order valence-corrected chi connectivity index (χ0v) is 8.19. The second-order valence-electron chi connectivity index (χ2n) is 3.05. The van der Waals surface area contributed by atoms with E-state index in [2.05, 4.69) is 4.98 Å². The lowest BCUT2D eigenvalue weighted by molar-refractivity contribution is -0.118. The van der Waals surface area contributed by atoms with Crippen LogP contribution in [0.5, 0.6) is 0 Å². The van der Waals surface area contributed by atoms with Crippen molar-refractivity contribution in [2.24, 2.45) is 5.73 Å². The molecule has 6 nitrogen and oxygen atoms in total. The molecule has 6 heteroatoms. The van der Waals surface area contributed by atoms with E-state index in [0.29, 0.717) is 0 Å². The number of amides is 2. The van der Waals surface area contributed by atoms with E-state index in [9.17, 15) is 14.4 Å². The lowest BCUT2D eigenvalue weighted by Gasteiger charge is -2.13. The summed E-state index contributed by atoms with van der Waals surface area (Å²) in [5, 5.41) is 0. The number of nitrogens with one attached hydrogen (secondary N) is 1. The number of aromatic nitrogens is 1. The van der Waals surface area contributed by atoms with Crippen molar-refractivity contribution in [2.45, 2.75) is 0 Å². The molecule has 0 atom stereocenters. The molecule has 15 heavy (non-hydrogen) atoms. The number of rotatable bonds is 3. The summed E-state index contributed by atoms with van der Waals surface area (Å²) in [6.45, 7) is -0.215. The fourth-order valence-electron chi connectivity index (χ4n) is 1.09. The van der Waals surface area contributed by atoms with E-state index >= 15 is 0 Å². The topological polar surface area (TPSA) is 96.3 Å². The van der Waals surface area contributed by atoms with Gasteiger partial charge in [0.2, 0.25) is 5.91 Å². The third kappa shape index (κ3) is 2.67. The predicted octanol–water partition coefficient (Wildman–Crippen LogP) is -1.07. The van der Waals surface area contributed by atoms with E-state index in [1.807, 2.05) is 0 Å². The summed E-state index contributed by atoms with van der Waals surface area (Å²) in [6, 6.07) is 1.24. The van der Waals surface area contributed by atoms with Gasteiger partial charge in [0.05, 0.1) is 6.54 Å². The number of hydrogen-bond donors (Lipinski definition) is 2. The van der Waals surface area contributed by atoms with E-state index < -0.39 is 17.2 Å². The summed E-state index contributed by atoms with van der Waals surface area (Å²) in [7, 11) is 1.40. The van der Waals surface area contributed by atoms with Crippen LogP contribution in [-0.2, 0) is 4.79 Å². The molecule has 80 valence electrons.